The lowest BCUT2D eigenvalue weighted by Gasteiger charge is -2.38. The largest absolute Gasteiger partial charge is 0.352 e. The molecule has 1 amide bonds. The highest BCUT2D eigenvalue weighted by atomic mass is 32.2. The van der Waals surface area contributed by atoms with Crippen LogP contribution in [0.15, 0.2) is 52.1 Å². The van der Waals surface area contributed by atoms with Crippen molar-refractivity contribution in [3.05, 3.63) is 53.4 Å². The van der Waals surface area contributed by atoms with Gasteiger partial charge < -0.3 is 5.32 Å². The highest BCUT2D eigenvalue weighted by molar-refractivity contribution is 7.91. The van der Waals surface area contributed by atoms with Crippen LogP contribution < -0.4 is 5.32 Å². The van der Waals surface area contributed by atoms with E-state index in [1.165, 1.54) is 15.6 Å². The molecule has 1 fully saturated rings. The summed E-state index contributed by atoms with van der Waals surface area (Å²) in [5, 5.41) is 4.71. The highest BCUT2D eigenvalue weighted by Crippen LogP contribution is 2.33. The fourth-order valence-electron chi connectivity index (χ4n) is 3.11. The normalized spacial score (nSPS) is 21.8. The summed E-state index contributed by atoms with van der Waals surface area (Å²) in [6.07, 6.45) is 1.37. The molecule has 2 aromatic rings. The topological polar surface area (TPSA) is 66.5 Å². The second-order valence-corrected chi connectivity index (χ2v) is 9.72. The van der Waals surface area contributed by atoms with Gasteiger partial charge in [0.1, 0.15) is 4.21 Å². The molecule has 0 spiro atoms. The van der Waals surface area contributed by atoms with Gasteiger partial charge >= 0.3 is 0 Å². The fourth-order valence-corrected chi connectivity index (χ4v) is 5.86. The van der Waals surface area contributed by atoms with Crippen LogP contribution in [-0.2, 0) is 21.4 Å². The second kappa shape index (κ2) is 7.27. The maximum absolute atomic E-state index is 12.7. The van der Waals surface area contributed by atoms with Gasteiger partial charge in [0.05, 0.1) is 5.41 Å². The number of piperidine rings is 1. The summed E-state index contributed by atoms with van der Waals surface area (Å²) in [6.45, 7) is 2.98. The first-order valence-corrected chi connectivity index (χ1v) is 10.6. The number of rotatable bonds is 5. The summed E-state index contributed by atoms with van der Waals surface area (Å²) in [4.78, 5) is 12.7. The second-order valence-electron chi connectivity index (χ2n) is 6.60. The molecule has 1 saturated heterocycles. The Morgan fingerprint density at radius 1 is 1.24 bits per heavy atom. The first kappa shape index (κ1) is 18.1. The molecule has 3 rings (SSSR count). The minimum absolute atomic E-state index is 0.0950. The molecule has 2 heterocycles. The molecule has 1 aromatic carbocycles. The summed E-state index contributed by atoms with van der Waals surface area (Å²) in [5.41, 5.74) is 0.315. The van der Waals surface area contributed by atoms with Crippen LogP contribution in [0.5, 0.6) is 0 Å². The predicted molar refractivity (Wildman–Crippen MR) is 98.7 cm³/mol. The molecule has 25 heavy (non-hydrogen) atoms. The lowest BCUT2D eigenvalue weighted by molar-refractivity contribution is -0.132. The van der Waals surface area contributed by atoms with Gasteiger partial charge in [0.25, 0.3) is 10.0 Å². The van der Waals surface area contributed by atoms with Gasteiger partial charge in [-0.25, -0.2) is 8.42 Å². The molecule has 5 nitrogen and oxygen atoms in total. The van der Waals surface area contributed by atoms with E-state index in [-0.39, 0.29) is 12.5 Å². The maximum atomic E-state index is 12.7. The number of sulfonamides is 1. The van der Waals surface area contributed by atoms with Gasteiger partial charge in [0.15, 0.2) is 0 Å². The summed E-state index contributed by atoms with van der Waals surface area (Å²) in [6, 6.07) is 13.0. The molecule has 0 aliphatic carbocycles. The van der Waals surface area contributed by atoms with Crippen LogP contribution in [0.3, 0.4) is 0 Å². The van der Waals surface area contributed by atoms with Gasteiger partial charge in [-0.1, -0.05) is 36.4 Å². The van der Waals surface area contributed by atoms with Gasteiger partial charge in [-0.05, 0) is 36.8 Å². The van der Waals surface area contributed by atoms with E-state index in [0.29, 0.717) is 30.1 Å². The quantitative estimate of drug-likeness (QED) is 0.870. The number of nitrogens with one attached hydrogen (secondary N) is 1. The zero-order valence-electron chi connectivity index (χ0n) is 14.1. The fraction of sp³-hybridized carbons (Fsp3) is 0.389. The standard InChI is InChI=1S/C18H22N2O3S2/c1-18(17(21)19-13-15-7-3-2-4-8-15)10-6-11-20(14-18)25(22,23)16-9-5-12-24-16/h2-5,7-9,12H,6,10-11,13-14H2,1H3,(H,19,21). The number of carbonyl (C=O) groups is 1. The van der Waals surface area contributed by atoms with E-state index < -0.39 is 15.4 Å². The number of hydrogen-bond acceptors (Lipinski definition) is 4. The van der Waals surface area contributed by atoms with Gasteiger partial charge in [-0.3, -0.25) is 4.79 Å². The average Bonchev–Trinajstić information content (AvgIpc) is 3.16. The Labute approximate surface area is 152 Å². The number of hydrogen-bond donors (Lipinski definition) is 1. The SMILES string of the molecule is CC1(C(=O)NCc2ccccc2)CCCN(S(=O)(=O)c2cccs2)C1. The Morgan fingerprint density at radius 3 is 2.68 bits per heavy atom. The van der Waals surface area contributed by atoms with E-state index in [4.69, 9.17) is 0 Å². The zero-order chi connectivity index (χ0) is 17.9. The van der Waals surface area contributed by atoms with Gasteiger partial charge in [0, 0.05) is 19.6 Å². The van der Waals surface area contributed by atoms with Crippen molar-refractivity contribution in [3.63, 3.8) is 0 Å². The highest BCUT2D eigenvalue weighted by Gasteiger charge is 2.42. The molecule has 1 aliphatic heterocycles. The van der Waals surface area contributed by atoms with E-state index in [0.717, 1.165) is 5.56 Å². The third kappa shape index (κ3) is 3.94. The first-order chi connectivity index (χ1) is 11.9. The van der Waals surface area contributed by atoms with Crippen LogP contribution in [0.1, 0.15) is 25.3 Å². The van der Waals surface area contributed by atoms with E-state index >= 15 is 0 Å². The molecule has 0 bridgehead atoms. The Balaban J connectivity index is 1.69. The van der Waals surface area contributed by atoms with Gasteiger partial charge in [-0.2, -0.15) is 4.31 Å². The van der Waals surface area contributed by atoms with E-state index in [1.807, 2.05) is 37.3 Å². The third-order valence-electron chi connectivity index (χ3n) is 4.59. The van der Waals surface area contributed by atoms with E-state index in [9.17, 15) is 13.2 Å². The molecule has 1 atom stereocenters. The van der Waals surface area contributed by atoms with Crippen LogP contribution in [-0.4, -0.2) is 31.7 Å². The molecule has 134 valence electrons. The lowest BCUT2D eigenvalue weighted by atomic mass is 9.82. The Morgan fingerprint density at radius 2 is 2.00 bits per heavy atom. The molecule has 1 aliphatic rings. The Kier molecular flexibility index (Phi) is 5.27. The maximum Gasteiger partial charge on any atom is 0.252 e. The molecule has 1 aromatic heterocycles. The van der Waals surface area contributed by atoms with Gasteiger partial charge in [-0.15, -0.1) is 11.3 Å². The summed E-state index contributed by atoms with van der Waals surface area (Å²) in [5.74, 6) is -0.0950. The van der Waals surface area contributed by atoms with E-state index in [1.54, 1.807) is 17.5 Å². The summed E-state index contributed by atoms with van der Waals surface area (Å²) >= 11 is 1.21. The summed E-state index contributed by atoms with van der Waals surface area (Å²) in [7, 11) is -3.52. The predicted octanol–water partition coefficient (Wildman–Crippen LogP) is 2.86. The number of thiophene rings is 1. The molecular weight excluding hydrogens is 356 g/mol. The van der Waals surface area contributed by atoms with Crippen LogP contribution in [0.25, 0.3) is 0 Å². The van der Waals surface area contributed by atoms with Crippen molar-refractivity contribution in [2.24, 2.45) is 5.41 Å². The Hall–Kier alpha value is -1.70. The molecule has 0 radical (unpaired) electrons. The van der Waals surface area contributed by atoms with Crippen molar-refractivity contribution in [2.75, 3.05) is 13.1 Å². The molecular formula is C18H22N2O3S2. The van der Waals surface area contributed by atoms with Crippen molar-refractivity contribution < 1.29 is 13.2 Å². The molecule has 1 unspecified atom stereocenters. The average molecular weight is 379 g/mol. The van der Waals surface area contributed by atoms with Crippen LogP contribution in [0.4, 0.5) is 0 Å². The van der Waals surface area contributed by atoms with Crippen molar-refractivity contribution in [1.29, 1.82) is 0 Å². The third-order valence-corrected chi connectivity index (χ3v) is 7.81. The van der Waals surface area contributed by atoms with Crippen molar-refractivity contribution in [2.45, 2.75) is 30.5 Å². The zero-order valence-corrected chi connectivity index (χ0v) is 15.8. The minimum Gasteiger partial charge on any atom is -0.352 e. The van der Waals surface area contributed by atoms with Crippen molar-refractivity contribution in [1.82, 2.24) is 9.62 Å². The van der Waals surface area contributed by atoms with Crippen molar-refractivity contribution >= 4 is 27.3 Å². The number of amides is 1. The van der Waals surface area contributed by atoms with Crippen LogP contribution in [0.2, 0.25) is 0 Å². The minimum atomic E-state index is -3.52. The number of benzene rings is 1. The van der Waals surface area contributed by atoms with Crippen molar-refractivity contribution in [3.8, 4) is 0 Å². The van der Waals surface area contributed by atoms with Gasteiger partial charge in [0.2, 0.25) is 5.91 Å². The monoisotopic (exact) mass is 378 g/mol. The van der Waals surface area contributed by atoms with E-state index in [2.05, 4.69) is 5.32 Å². The first-order valence-electron chi connectivity index (χ1n) is 8.28. The molecule has 0 saturated carbocycles. The van der Waals surface area contributed by atoms with Crippen LogP contribution >= 0.6 is 11.3 Å². The molecule has 7 heteroatoms. The summed E-state index contributed by atoms with van der Waals surface area (Å²) < 4.78 is 27.3. The molecule has 1 N–H and O–H groups in total. The smallest absolute Gasteiger partial charge is 0.252 e. The van der Waals surface area contributed by atoms with Crippen LogP contribution in [0, 0.1) is 5.41 Å². The number of nitrogens with zero attached hydrogens (tertiary/aromatic N) is 1. The lowest BCUT2D eigenvalue weighted by Crippen LogP contribution is -2.51. The Bertz CT molecular complexity index is 819. The number of carbonyl (C=O) groups excluding carboxylic acids is 1.